The van der Waals surface area contributed by atoms with Gasteiger partial charge in [0.25, 0.3) is 0 Å². The molecule has 4 rings (SSSR count). The van der Waals surface area contributed by atoms with Gasteiger partial charge in [0.05, 0.1) is 26.1 Å². The van der Waals surface area contributed by atoms with Gasteiger partial charge in [0, 0.05) is 18.7 Å². The van der Waals surface area contributed by atoms with E-state index in [0.717, 1.165) is 0 Å². The minimum Gasteiger partial charge on any atom is -0.468 e. The zero-order valence-electron chi connectivity index (χ0n) is 21.5. The number of esters is 1. The Hall–Kier alpha value is -3.16. The van der Waals surface area contributed by atoms with Crippen molar-refractivity contribution >= 4 is 53.1 Å². The van der Waals surface area contributed by atoms with Gasteiger partial charge in [-0.3, -0.25) is 9.36 Å². The fourth-order valence-corrected chi connectivity index (χ4v) is 6.59. The van der Waals surface area contributed by atoms with Gasteiger partial charge in [-0.15, -0.1) is 0 Å². The summed E-state index contributed by atoms with van der Waals surface area (Å²) in [5.41, 5.74) is 7.38. The molecule has 204 valence electrons. The van der Waals surface area contributed by atoms with Crippen LogP contribution in [0, 0.1) is 11.3 Å². The number of nitrogen functional groups attached to an aromatic ring is 1. The van der Waals surface area contributed by atoms with Gasteiger partial charge in [0.2, 0.25) is 5.95 Å². The second-order valence-corrected chi connectivity index (χ2v) is 11.9. The Morgan fingerprint density at radius 1 is 1.37 bits per heavy atom. The summed E-state index contributed by atoms with van der Waals surface area (Å²) in [4.78, 5) is 25.0. The molecule has 0 aliphatic carbocycles. The van der Waals surface area contributed by atoms with Gasteiger partial charge >= 0.3 is 12.6 Å². The molecule has 3 aromatic rings. The average molecular weight is 563 g/mol. The highest BCUT2D eigenvalue weighted by Gasteiger charge is 2.40. The van der Waals surface area contributed by atoms with Gasteiger partial charge in [-0.05, 0) is 44.2 Å². The van der Waals surface area contributed by atoms with Crippen LogP contribution in [-0.4, -0.2) is 64.1 Å². The second-order valence-electron chi connectivity index (χ2n) is 8.75. The Kier molecular flexibility index (Phi) is 8.58. The largest absolute Gasteiger partial charge is 0.468 e. The molecule has 13 nitrogen and oxygen atoms in total. The van der Waals surface area contributed by atoms with Crippen LogP contribution < -0.4 is 20.7 Å². The van der Waals surface area contributed by atoms with Crippen LogP contribution in [0.25, 0.3) is 11.2 Å². The zero-order chi connectivity index (χ0) is 27.4. The molecule has 5 atom stereocenters. The Balaban J connectivity index is 1.55. The molecule has 1 saturated heterocycles. The first-order chi connectivity index (χ1) is 18.1. The molecule has 0 radical (unpaired) electrons. The zero-order valence-corrected chi connectivity index (χ0v) is 23.2. The Morgan fingerprint density at radius 2 is 2.11 bits per heavy atom. The van der Waals surface area contributed by atoms with Crippen molar-refractivity contribution in [1.82, 2.24) is 24.6 Å². The first-order valence-electron chi connectivity index (χ1n) is 11.9. The normalized spacial score (nSPS) is 21.5. The molecule has 1 aliphatic rings. The molecule has 0 spiro atoms. The van der Waals surface area contributed by atoms with Crippen molar-refractivity contribution in [2.24, 2.45) is 5.92 Å². The smallest absolute Gasteiger partial charge is 0.323 e. The predicted molar refractivity (Wildman–Crippen MR) is 147 cm³/mol. The molecule has 38 heavy (non-hydrogen) atoms. The van der Waals surface area contributed by atoms with E-state index in [2.05, 4.69) is 25.4 Å². The Morgan fingerprint density at radius 3 is 2.76 bits per heavy atom. The number of aromatic nitrogens is 4. The van der Waals surface area contributed by atoms with Crippen molar-refractivity contribution in [2.75, 3.05) is 31.8 Å². The van der Waals surface area contributed by atoms with Gasteiger partial charge < -0.3 is 35.0 Å². The third kappa shape index (κ3) is 6.11. The van der Waals surface area contributed by atoms with Crippen molar-refractivity contribution in [3.05, 3.63) is 36.7 Å². The molecule has 0 saturated carbocycles. The molecule has 5 N–H and O–H groups in total. The van der Waals surface area contributed by atoms with E-state index in [1.807, 2.05) is 18.2 Å². The molecule has 15 heteroatoms. The minimum absolute atomic E-state index is 0.0663. The van der Waals surface area contributed by atoms with Gasteiger partial charge in [0.1, 0.15) is 18.0 Å². The van der Waals surface area contributed by atoms with E-state index in [-0.39, 0.29) is 18.5 Å². The van der Waals surface area contributed by atoms with Crippen molar-refractivity contribution in [3.63, 3.8) is 0 Å². The summed E-state index contributed by atoms with van der Waals surface area (Å²) >= 11 is 5.75. The van der Waals surface area contributed by atoms with Crippen molar-refractivity contribution in [2.45, 2.75) is 38.6 Å². The minimum atomic E-state index is -3.21. The topological polar surface area (TPSA) is 172 Å². The number of rotatable bonds is 11. The Bertz CT molecular complexity index is 1360. The van der Waals surface area contributed by atoms with E-state index in [1.165, 1.54) is 7.11 Å². The number of nitrogens with one attached hydrogen (secondary N) is 3. The number of carbonyl (C=O) groups excluding carboxylic acids is 1. The van der Waals surface area contributed by atoms with E-state index in [4.69, 9.17) is 41.5 Å². The van der Waals surface area contributed by atoms with Crippen LogP contribution >= 0.6 is 6.64 Å². The molecule has 1 fully saturated rings. The lowest BCUT2D eigenvalue weighted by molar-refractivity contribution is -0.142. The van der Waals surface area contributed by atoms with E-state index in [1.54, 1.807) is 43.9 Å². The number of ether oxygens (including phenoxy) is 2. The molecule has 3 heterocycles. The van der Waals surface area contributed by atoms with Gasteiger partial charge in [-0.2, -0.15) is 9.97 Å². The molecule has 1 unspecified atom stereocenters. The van der Waals surface area contributed by atoms with E-state index >= 15 is 0 Å². The number of nitrogens with zero attached hydrogens (tertiary/aromatic N) is 4. The first kappa shape index (κ1) is 27.9. The van der Waals surface area contributed by atoms with Crippen LogP contribution in [0.15, 0.2) is 36.7 Å². The average Bonchev–Trinajstić information content (AvgIpc) is 3.51. The summed E-state index contributed by atoms with van der Waals surface area (Å²) in [5.74, 6) is 0.322. The van der Waals surface area contributed by atoms with Gasteiger partial charge in [-0.1, -0.05) is 18.2 Å². The second kappa shape index (κ2) is 11.7. The summed E-state index contributed by atoms with van der Waals surface area (Å²) in [6, 6.07) is 8.22. The summed E-state index contributed by atoms with van der Waals surface area (Å²) in [6.45, 7) is 0.208. The maximum Gasteiger partial charge on any atom is 0.323 e. The molecule has 1 aliphatic heterocycles. The van der Waals surface area contributed by atoms with Crippen LogP contribution in [-0.2, 0) is 30.6 Å². The molecule has 2 aromatic heterocycles. The maximum absolute atomic E-state index is 12.1. The van der Waals surface area contributed by atoms with Crippen molar-refractivity contribution < 1.29 is 23.3 Å². The monoisotopic (exact) mass is 562 g/mol. The molecular formula is C23H31N8O5PS. The number of anilines is 2. The lowest BCUT2D eigenvalue weighted by Crippen LogP contribution is -2.35. The van der Waals surface area contributed by atoms with Crippen LogP contribution in [0.1, 0.15) is 26.5 Å². The van der Waals surface area contributed by atoms with Crippen molar-refractivity contribution in [3.8, 4) is 5.75 Å². The quantitative estimate of drug-likeness (QED) is 0.153. The molecular weight excluding hydrogens is 531 g/mol. The van der Waals surface area contributed by atoms with Crippen LogP contribution in [0.3, 0.4) is 0 Å². The number of carbonyl (C=O) groups is 1. The third-order valence-corrected chi connectivity index (χ3v) is 8.50. The lowest BCUT2D eigenvalue weighted by atomic mass is 9.98. The Labute approximate surface area is 225 Å². The number of imidazole rings is 1. The van der Waals surface area contributed by atoms with E-state index in [9.17, 15) is 4.79 Å². The number of hydrogen-bond acceptors (Lipinski definition) is 12. The highest BCUT2D eigenvalue weighted by molar-refractivity contribution is 8.09. The fraction of sp³-hybridized carbons (Fsp3) is 0.435. The molecule has 1 aromatic carbocycles. The van der Waals surface area contributed by atoms with Crippen molar-refractivity contribution in [1.29, 1.82) is 5.41 Å². The summed E-state index contributed by atoms with van der Waals surface area (Å²) < 4.78 is 25.1. The van der Waals surface area contributed by atoms with E-state index in [0.29, 0.717) is 34.9 Å². The standard InChI is InChI=1S/C23H31N8O5PS/c1-13(24)17-10-16(35-21(17)31-12-27-18-19(26-3)28-23(25)29-20(18)31)11-34-37(38,30-14(2)22(32)33-4)36-15-8-6-5-7-9-15/h5-9,12,14,16-17,21,24H,10-11H2,1-4H3,(H,30,38)(H3,25,26,28,29)/t14-,16+,17-,21-,37?/m1/s1. The number of fused-ring (bicyclic) bond motifs is 1. The summed E-state index contributed by atoms with van der Waals surface area (Å²) in [7, 11) is 3.02. The number of methoxy groups -OCH3 is 1. The molecule has 0 amide bonds. The fourth-order valence-electron chi connectivity index (χ4n) is 4.16. The highest BCUT2D eigenvalue weighted by Crippen LogP contribution is 2.47. The van der Waals surface area contributed by atoms with Crippen LogP contribution in [0.5, 0.6) is 5.75 Å². The number of nitrogens with two attached hydrogens (primary N) is 1. The maximum atomic E-state index is 12.1. The number of para-hydroxylation sites is 1. The molecule has 0 bridgehead atoms. The highest BCUT2D eigenvalue weighted by atomic mass is 32.5. The first-order valence-corrected chi connectivity index (χ1v) is 14.5. The van der Waals surface area contributed by atoms with Crippen LogP contribution in [0.2, 0.25) is 0 Å². The predicted octanol–water partition coefficient (Wildman–Crippen LogP) is 2.86. The number of hydrogen-bond donors (Lipinski definition) is 4. The van der Waals surface area contributed by atoms with Gasteiger partial charge in [-0.25, -0.2) is 10.1 Å². The lowest BCUT2D eigenvalue weighted by Gasteiger charge is -2.27. The third-order valence-electron chi connectivity index (χ3n) is 6.00. The SMILES string of the molecule is CNc1nc(N)nc2c1ncn2[C@@H]1O[C@H](COP(=S)(N[C@H](C)C(=O)OC)Oc2ccccc2)C[C@@H]1C(C)=N. The summed E-state index contributed by atoms with van der Waals surface area (Å²) in [5, 5.41) is 14.3. The van der Waals surface area contributed by atoms with Crippen LogP contribution in [0.4, 0.5) is 11.8 Å². The summed E-state index contributed by atoms with van der Waals surface area (Å²) in [6.07, 6.45) is 1.10. The van der Waals surface area contributed by atoms with E-state index < -0.39 is 31.0 Å². The number of benzene rings is 1. The van der Waals surface area contributed by atoms with Gasteiger partial charge in [0.15, 0.2) is 17.0 Å².